The minimum absolute atomic E-state index is 0.350. The second-order valence-corrected chi connectivity index (χ2v) is 7.88. The van der Waals surface area contributed by atoms with E-state index in [4.69, 9.17) is 23.8 Å². The minimum Gasteiger partial charge on any atom is -0.360 e. The molecular formula is C21H22ClN5S. The highest BCUT2D eigenvalue weighted by atomic mass is 35.5. The molecule has 2 aromatic carbocycles. The van der Waals surface area contributed by atoms with Crippen molar-refractivity contribution < 1.29 is 0 Å². The van der Waals surface area contributed by atoms with Gasteiger partial charge in [-0.3, -0.25) is 0 Å². The molecule has 2 N–H and O–H groups in total. The van der Waals surface area contributed by atoms with Crippen molar-refractivity contribution in [3.63, 3.8) is 0 Å². The first-order valence-electron chi connectivity index (χ1n) is 9.38. The molecule has 1 aromatic heterocycles. The van der Waals surface area contributed by atoms with Crippen molar-refractivity contribution in [1.82, 2.24) is 15.3 Å². The van der Waals surface area contributed by atoms with Crippen LogP contribution in [0.5, 0.6) is 0 Å². The van der Waals surface area contributed by atoms with E-state index in [-0.39, 0.29) is 0 Å². The van der Waals surface area contributed by atoms with E-state index >= 15 is 0 Å². The molecule has 4 rings (SSSR count). The van der Waals surface area contributed by atoms with Gasteiger partial charge in [-0.2, -0.15) is 0 Å². The Morgan fingerprint density at radius 3 is 2.71 bits per heavy atom. The molecular weight excluding hydrogens is 390 g/mol. The molecule has 0 saturated carbocycles. The molecule has 28 heavy (non-hydrogen) atoms. The quantitative estimate of drug-likeness (QED) is 0.617. The maximum atomic E-state index is 6.09. The number of thiocarbonyl (C=S) groups is 1. The zero-order chi connectivity index (χ0) is 19.5. The highest BCUT2D eigenvalue weighted by Gasteiger charge is 2.22. The lowest BCUT2D eigenvalue weighted by atomic mass is 10.0. The number of aromatic nitrogens is 2. The third kappa shape index (κ3) is 4.18. The van der Waals surface area contributed by atoms with E-state index in [0.29, 0.717) is 16.2 Å². The third-order valence-electron chi connectivity index (χ3n) is 5.10. The zero-order valence-electron chi connectivity index (χ0n) is 15.7. The van der Waals surface area contributed by atoms with Gasteiger partial charge in [0.2, 0.25) is 0 Å². The van der Waals surface area contributed by atoms with Crippen molar-refractivity contribution in [2.75, 3.05) is 23.3 Å². The van der Waals surface area contributed by atoms with Gasteiger partial charge < -0.3 is 15.5 Å². The maximum Gasteiger partial charge on any atom is 0.171 e. The second-order valence-electron chi connectivity index (χ2n) is 7.03. The minimum atomic E-state index is 0.350. The lowest BCUT2D eigenvalue weighted by Gasteiger charge is -2.34. The Bertz CT molecular complexity index is 1000. The molecule has 5 nitrogen and oxygen atoms in total. The van der Waals surface area contributed by atoms with Crippen molar-refractivity contribution in [2.24, 2.45) is 0 Å². The Balaban J connectivity index is 1.37. The standard InChI is InChI=1S/C21H22ClN5S/c1-14-4-2-3-5-18(14)26-21(28)25-16-8-10-27(11-9-16)20-17-7-6-15(22)12-19(17)23-13-24-20/h2-7,12-13,16H,8-11H2,1H3,(H2,25,26,28). The highest BCUT2D eigenvalue weighted by molar-refractivity contribution is 7.80. The van der Waals surface area contributed by atoms with E-state index in [9.17, 15) is 0 Å². The average Bonchev–Trinajstić information content (AvgIpc) is 2.70. The molecule has 0 spiro atoms. The number of benzene rings is 2. The lowest BCUT2D eigenvalue weighted by molar-refractivity contribution is 0.466. The molecule has 0 aliphatic carbocycles. The molecule has 1 fully saturated rings. The molecule has 2 heterocycles. The van der Waals surface area contributed by atoms with E-state index < -0.39 is 0 Å². The predicted octanol–water partition coefficient (Wildman–Crippen LogP) is 4.55. The largest absolute Gasteiger partial charge is 0.360 e. The summed E-state index contributed by atoms with van der Waals surface area (Å²) >= 11 is 11.6. The van der Waals surface area contributed by atoms with Crippen LogP contribution in [0.3, 0.4) is 0 Å². The summed E-state index contributed by atoms with van der Waals surface area (Å²) in [5.74, 6) is 0.973. The first-order chi connectivity index (χ1) is 13.6. The molecule has 0 amide bonds. The lowest BCUT2D eigenvalue weighted by Crippen LogP contribution is -2.46. The van der Waals surface area contributed by atoms with Gasteiger partial charge in [-0.1, -0.05) is 29.8 Å². The van der Waals surface area contributed by atoms with Gasteiger partial charge in [0.05, 0.1) is 5.52 Å². The smallest absolute Gasteiger partial charge is 0.171 e. The molecule has 1 saturated heterocycles. The summed E-state index contributed by atoms with van der Waals surface area (Å²) in [6.45, 7) is 3.90. The summed E-state index contributed by atoms with van der Waals surface area (Å²) in [5.41, 5.74) is 3.10. The van der Waals surface area contributed by atoms with Crippen molar-refractivity contribution in [1.29, 1.82) is 0 Å². The third-order valence-corrected chi connectivity index (χ3v) is 5.56. The fourth-order valence-electron chi connectivity index (χ4n) is 3.56. The molecule has 3 aromatic rings. The van der Waals surface area contributed by atoms with Crippen molar-refractivity contribution >= 4 is 51.3 Å². The molecule has 0 radical (unpaired) electrons. The Morgan fingerprint density at radius 2 is 1.93 bits per heavy atom. The number of anilines is 2. The van der Waals surface area contributed by atoms with Crippen LogP contribution in [0.15, 0.2) is 48.8 Å². The summed E-state index contributed by atoms with van der Waals surface area (Å²) < 4.78 is 0. The fourth-order valence-corrected chi connectivity index (χ4v) is 4.00. The summed E-state index contributed by atoms with van der Waals surface area (Å²) in [5, 5.41) is 9.16. The molecule has 1 aliphatic heterocycles. The summed E-state index contributed by atoms with van der Waals surface area (Å²) in [6.07, 6.45) is 3.60. The number of rotatable bonds is 3. The SMILES string of the molecule is Cc1ccccc1NC(=S)NC1CCN(c2ncnc3cc(Cl)ccc23)CC1. The number of para-hydroxylation sites is 1. The number of halogens is 1. The van der Waals surface area contributed by atoms with Crippen LogP contribution in [0.1, 0.15) is 18.4 Å². The molecule has 0 bridgehead atoms. The molecule has 1 aliphatic rings. The number of piperidine rings is 1. The number of hydrogen-bond acceptors (Lipinski definition) is 4. The van der Waals surface area contributed by atoms with Crippen LogP contribution in [0.4, 0.5) is 11.5 Å². The van der Waals surface area contributed by atoms with Crippen LogP contribution in [0.25, 0.3) is 10.9 Å². The van der Waals surface area contributed by atoms with Crippen LogP contribution in [-0.2, 0) is 0 Å². The molecule has 144 valence electrons. The second kappa shape index (κ2) is 8.29. The van der Waals surface area contributed by atoms with Gasteiger partial charge in [0.15, 0.2) is 5.11 Å². The Morgan fingerprint density at radius 1 is 1.14 bits per heavy atom. The van der Waals surface area contributed by atoms with Crippen molar-refractivity contribution in [3.8, 4) is 0 Å². The number of aryl methyl sites for hydroxylation is 1. The van der Waals surface area contributed by atoms with Crippen LogP contribution < -0.4 is 15.5 Å². The Labute approximate surface area is 175 Å². The maximum absolute atomic E-state index is 6.09. The number of fused-ring (bicyclic) bond motifs is 1. The van der Waals surface area contributed by atoms with E-state index in [1.54, 1.807) is 6.33 Å². The summed E-state index contributed by atoms with van der Waals surface area (Å²) in [6, 6.07) is 14.3. The first-order valence-corrected chi connectivity index (χ1v) is 10.2. The topological polar surface area (TPSA) is 53.1 Å². The molecule has 0 unspecified atom stereocenters. The van der Waals surface area contributed by atoms with E-state index in [0.717, 1.165) is 48.3 Å². The van der Waals surface area contributed by atoms with E-state index in [1.165, 1.54) is 5.56 Å². The van der Waals surface area contributed by atoms with Crippen LogP contribution in [0.2, 0.25) is 5.02 Å². The number of nitrogens with one attached hydrogen (secondary N) is 2. The Kier molecular flexibility index (Phi) is 5.59. The molecule has 0 atom stereocenters. The van der Waals surface area contributed by atoms with Gasteiger partial charge >= 0.3 is 0 Å². The van der Waals surface area contributed by atoms with Crippen LogP contribution >= 0.6 is 23.8 Å². The van der Waals surface area contributed by atoms with Gasteiger partial charge in [0.1, 0.15) is 12.1 Å². The Hall–Kier alpha value is -2.44. The van der Waals surface area contributed by atoms with Crippen molar-refractivity contribution in [2.45, 2.75) is 25.8 Å². The fraction of sp³-hybridized carbons (Fsp3) is 0.286. The average molecular weight is 412 g/mol. The first kappa shape index (κ1) is 18.9. The number of hydrogen-bond donors (Lipinski definition) is 2. The zero-order valence-corrected chi connectivity index (χ0v) is 17.2. The molecule has 7 heteroatoms. The van der Waals surface area contributed by atoms with E-state index in [1.807, 2.05) is 36.4 Å². The van der Waals surface area contributed by atoms with Gasteiger partial charge in [-0.25, -0.2) is 9.97 Å². The monoisotopic (exact) mass is 411 g/mol. The van der Waals surface area contributed by atoms with Crippen LogP contribution in [-0.4, -0.2) is 34.2 Å². The summed E-state index contributed by atoms with van der Waals surface area (Å²) in [7, 11) is 0. The van der Waals surface area contributed by atoms with Crippen molar-refractivity contribution in [3.05, 3.63) is 59.4 Å². The van der Waals surface area contributed by atoms with Gasteiger partial charge in [0.25, 0.3) is 0 Å². The van der Waals surface area contributed by atoms with Gasteiger partial charge in [0, 0.05) is 35.2 Å². The summed E-state index contributed by atoms with van der Waals surface area (Å²) in [4.78, 5) is 11.2. The van der Waals surface area contributed by atoms with Gasteiger partial charge in [-0.15, -0.1) is 0 Å². The number of nitrogens with zero attached hydrogens (tertiary/aromatic N) is 3. The normalized spacial score (nSPS) is 14.9. The highest BCUT2D eigenvalue weighted by Crippen LogP contribution is 2.27. The van der Waals surface area contributed by atoms with Gasteiger partial charge in [-0.05, 0) is 61.8 Å². The van der Waals surface area contributed by atoms with E-state index in [2.05, 4.69) is 38.5 Å². The predicted molar refractivity (Wildman–Crippen MR) is 120 cm³/mol. The van der Waals surface area contributed by atoms with Crippen LogP contribution in [0, 0.1) is 6.92 Å².